The van der Waals surface area contributed by atoms with Crippen molar-refractivity contribution in [3.05, 3.63) is 58.7 Å². The number of likely N-dealkylation sites (N-methyl/N-ethyl adjacent to an activating group) is 1. The molecule has 0 amide bonds. The van der Waals surface area contributed by atoms with Gasteiger partial charge in [0.1, 0.15) is 0 Å². The summed E-state index contributed by atoms with van der Waals surface area (Å²) in [5, 5.41) is 0. The van der Waals surface area contributed by atoms with Crippen LogP contribution in [0.4, 0.5) is 0 Å². The molecule has 2 atom stereocenters. The Morgan fingerprint density at radius 1 is 1.00 bits per heavy atom. The second kappa shape index (κ2) is 8.64. The maximum atomic E-state index is 2.49. The molecule has 0 fully saturated rings. The lowest BCUT2D eigenvalue weighted by Gasteiger charge is -2.26. The molecular weight excluding hydrogens is 292 g/mol. The normalized spacial score (nSPS) is 20.8. The Labute approximate surface area is 148 Å². The molecule has 0 N–H and O–H groups in total. The SMILES string of the molecule is Cc1ccc(CN(C)CC[C@@H]2C=C(CN(C)C)C=C[C@@H]2C)cc1C. The van der Waals surface area contributed by atoms with Crippen LogP contribution in [0.25, 0.3) is 0 Å². The average molecular weight is 327 g/mol. The predicted octanol–water partition coefficient (Wildman–Crippen LogP) is 4.44. The van der Waals surface area contributed by atoms with Crippen LogP contribution in [0.5, 0.6) is 0 Å². The van der Waals surface area contributed by atoms with Crippen molar-refractivity contribution in [3.8, 4) is 0 Å². The monoisotopic (exact) mass is 326 g/mol. The van der Waals surface area contributed by atoms with Gasteiger partial charge in [0.05, 0.1) is 0 Å². The summed E-state index contributed by atoms with van der Waals surface area (Å²) in [4.78, 5) is 4.70. The summed E-state index contributed by atoms with van der Waals surface area (Å²) in [5.41, 5.74) is 5.65. The van der Waals surface area contributed by atoms with Crippen molar-refractivity contribution in [2.75, 3.05) is 34.2 Å². The topological polar surface area (TPSA) is 6.48 Å². The number of allylic oxidation sites excluding steroid dienone is 2. The van der Waals surface area contributed by atoms with E-state index < -0.39 is 0 Å². The first kappa shape index (κ1) is 19.0. The smallest absolute Gasteiger partial charge is 0.0230 e. The van der Waals surface area contributed by atoms with Crippen LogP contribution in [0.1, 0.15) is 30.0 Å². The lowest BCUT2D eigenvalue weighted by atomic mass is 9.84. The van der Waals surface area contributed by atoms with E-state index in [1.165, 1.54) is 28.7 Å². The fourth-order valence-corrected chi connectivity index (χ4v) is 3.38. The van der Waals surface area contributed by atoms with Gasteiger partial charge in [-0.2, -0.15) is 0 Å². The number of aryl methyl sites for hydroxylation is 2. The summed E-state index contributed by atoms with van der Waals surface area (Å²) >= 11 is 0. The number of benzene rings is 1. The molecule has 2 heteroatoms. The van der Waals surface area contributed by atoms with E-state index >= 15 is 0 Å². The summed E-state index contributed by atoms with van der Waals surface area (Å²) in [6.45, 7) is 9.93. The van der Waals surface area contributed by atoms with Crippen LogP contribution in [0, 0.1) is 25.7 Å². The molecule has 2 nitrogen and oxygen atoms in total. The van der Waals surface area contributed by atoms with E-state index in [1.807, 2.05) is 0 Å². The van der Waals surface area contributed by atoms with E-state index in [0.717, 1.165) is 19.6 Å². The van der Waals surface area contributed by atoms with E-state index in [2.05, 4.69) is 88.1 Å². The molecule has 0 aromatic heterocycles. The van der Waals surface area contributed by atoms with Crippen LogP contribution in [-0.2, 0) is 6.54 Å². The summed E-state index contributed by atoms with van der Waals surface area (Å²) in [6, 6.07) is 6.83. The number of hydrogen-bond donors (Lipinski definition) is 0. The van der Waals surface area contributed by atoms with Crippen LogP contribution >= 0.6 is 0 Å². The van der Waals surface area contributed by atoms with Gasteiger partial charge >= 0.3 is 0 Å². The fourth-order valence-electron chi connectivity index (χ4n) is 3.38. The Bertz CT molecular complexity index is 598. The van der Waals surface area contributed by atoms with Crippen molar-refractivity contribution in [2.45, 2.75) is 33.7 Å². The minimum absolute atomic E-state index is 0.644. The van der Waals surface area contributed by atoms with Gasteiger partial charge in [0.15, 0.2) is 0 Å². The van der Waals surface area contributed by atoms with Crippen LogP contribution < -0.4 is 0 Å². The van der Waals surface area contributed by atoms with Crippen LogP contribution in [-0.4, -0.2) is 44.0 Å². The van der Waals surface area contributed by atoms with Gasteiger partial charge < -0.3 is 9.80 Å². The molecule has 0 spiro atoms. The molecule has 132 valence electrons. The number of rotatable bonds is 7. The van der Waals surface area contributed by atoms with Gasteiger partial charge in [0.2, 0.25) is 0 Å². The highest BCUT2D eigenvalue weighted by molar-refractivity contribution is 5.30. The zero-order valence-corrected chi connectivity index (χ0v) is 16.3. The maximum absolute atomic E-state index is 2.49. The third kappa shape index (κ3) is 5.61. The Balaban J connectivity index is 1.88. The summed E-state index contributed by atoms with van der Waals surface area (Å²) in [6.07, 6.45) is 8.41. The van der Waals surface area contributed by atoms with E-state index in [-0.39, 0.29) is 0 Å². The van der Waals surface area contributed by atoms with Gasteiger partial charge in [-0.1, -0.05) is 43.4 Å². The quantitative estimate of drug-likeness (QED) is 0.731. The molecule has 24 heavy (non-hydrogen) atoms. The van der Waals surface area contributed by atoms with Crippen molar-refractivity contribution in [1.29, 1.82) is 0 Å². The molecule has 0 radical (unpaired) electrons. The summed E-state index contributed by atoms with van der Waals surface area (Å²) in [5.74, 6) is 1.30. The van der Waals surface area contributed by atoms with Crippen LogP contribution in [0.15, 0.2) is 42.0 Å². The first-order valence-corrected chi connectivity index (χ1v) is 9.13. The first-order chi connectivity index (χ1) is 11.3. The van der Waals surface area contributed by atoms with Gasteiger partial charge in [-0.3, -0.25) is 0 Å². The molecule has 2 rings (SSSR count). The molecule has 0 aliphatic heterocycles. The summed E-state index contributed by atoms with van der Waals surface area (Å²) in [7, 11) is 6.51. The van der Waals surface area contributed by atoms with Gasteiger partial charge in [-0.25, -0.2) is 0 Å². The van der Waals surface area contributed by atoms with Crippen molar-refractivity contribution >= 4 is 0 Å². The standard InChI is InChI=1S/C22H34N2/c1-17-7-9-20(13-19(17)3)16-24(6)12-11-22-14-21(15-23(4)5)10-8-18(22)2/h7-10,13-14,18,22H,11-12,15-16H2,1-6H3/t18-,22+/m0/s1. The van der Waals surface area contributed by atoms with Crippen LogP contribution in [0.2, 0.25) is 0 Å². The van der Waals surface area contributed by atoms with E-state index in [9.17, 15) is 0 Å². The molecule has 0 saturated heterocycles. The minimum atomic E-state index is 0.644. The Morgan fingerprint density at radius 2 is 1.75 bits per heavy atom. The molecule has 1 aliphatic carbocycles. The lowest BCUT2D eigenvalue weighted by molar-refractivity contribution is 0.291. The second-order valence-electron chi connectivity index (χ2n) is 7.81. The lowest BCUT2D eigenvalue weighted by Crippen LogP contribution is -2.24. The first-order valence-electron chi connectivity index (χ1n) is 9.13. The van der Waals surface area contributed by atoms with Crippen molar-refractivity contribution in [1.82, 2.24) is 9.80 Å². The fraction of sp³-hybridized carbons (Fsp3) is 0.545. The number of hydrogen-bond acceptors (Lipinski definition) is 2. The molecule has 1 aromatic rings. The van der Waals surface area contributed by atoms with E-state index in [1.54, 1.807) is 0 Å². The van der Waals surface area contributed by atoms with Crippen molar-refractivity contribution in [3.63, 3.8) is 0 Å². The van der Waals surface area contributed by atoms with Gasteiger partial charge in [0, 0.05) is 13.1 Å². The van der Waals surface area contributed by atoms with Gasteiger partial charge in [-0.15, -0.1) is 0 Å². The van der Waals surface area contributed by atoms with Crippen molar-refractivity contribution < 1.29 is 0 Å². The highest BCUT2D eigenvalue weighted by Crippen LogP contribution is 2.26. The zero-order valence-electron chi connectivity index (χ0n) is 16.3. The maximum Gasteiger partial charge on any atom is 0.0230 e. The van der Waals surface area contributed by atoms with Gasteiger partial charge in [0.25, 0.3) is 0 Å². The highest BCUT2D eigenvalue weighted by atomic mass is 15.1. The highest BCUT2D eigenvalue weighted by Gasteiger charge is 2.17. The zero-order chi connectivity index (χ0) is 17.7. The van der Waals surface area contributed by atoms with E-state index in [4.69, 9.17) is 0 Å². The molecule has 1 aromatic carbocycles. The third-order valence-electron chi connectivity index (χ3n) is 5.08. The predicted molar refractivity (Wildman–Crippen MR) is 105 cm³/mol. The van der Waals surface area contributed by atoms with Gasteiger partial charge in [-0.05, 0) is 82.1 Å². The average Bonchev–Trinajstić information content (AvgIpc) is 2.51. The molecule has 0 bridgehead atoms. The number of nitrogens with zero attached hydrogens (tertiary/aromatic N) is 2. The van der Waals surface area contributed by atoms with E-state index in [0.29, 0.717) is 11.8 Å². The van der Waals surface area contributed by atoms with Crippen molar-refractivity contribution in [2.24, 2.45) is 11.8 Å². The van der Waals surface area contributed by atoms with Crippen LogP contribution in [0.3, 0.4) is 0 Å². The molecule has 1 aliphatic rings. The second-order valence-corrected chi connectivity index (χ2v) is 7.81. The summed E-state index contributed by atoms with van der Waals surface area (Å²) < 4.78 is 0. The largest absolute Gasteiger partial charge is 0.305 e. The third-order valence-corrected chi connectivity index (χ3v) is 5.08. The molecule has 0 heterocycles. The minimum Gasteiger partial charge on any atom is -0.305 e. The Morgan fingerprint density at radius 3 is 2.42 bits per heavy atom. The molecule has 0 unspecified atom stereocenters. The molecule has 0 saturated carbocycles. The molecular formula is C22H34N2. The Kier molecular flexibility index (Phi) is 6.82. The Hall–Kier alpha value is -1.38.